The average Bonchev–Trinajstić information content (AvgIpc) is 2.82. The molecule has 168 valence electrons. The van der Waals surface area contributed by atoms with Gasteiger partial charge < -0.3 is 10.2 Å². The van der Waals surface area contributed by atoms with E-state index in [2.05, 4.69) is 32.1 Å². The summed E-state index contributed by atoms with van der Waals surface area (Å²) in [5.74, 6) is 0.379. The standard InChI is InChI=1S/C24H30N6O2/c1-4-17-11-9-10-16(3)20(17)27-22(31)19(5-2)30-15-26-21-18(23(30)32)14-25-24(28-21)29-12-7-6-8-13-29/h9-11,14-15,19H,4-8,12-13H2,1-3H3,(H,27,31)/t19-/m0/s1. The molecule has 4 rings (SSSR count). The molecule has 0 saturated carbocycles. The second-order valence-electron chi connectivity index (χ2n) is 8.29. The van der Waals surface area contributed by atoms with E-state index in [1.807, 2.05) is 32.0 Å². The molecule has 8 heteroatoms. The predicted octanol–water partition coefficient (Wildman–Crippen LogP) is 3.64. The largest absolute Gasteiger partial charge is 0.341 e. The fraction of sp³-hybridized carbons (Fsp3) is 0.458. The Hall–Kier alpha value is -3.29. The molecule has 8 nitrogen and oxygen atoms in total. The number of aromatic nitrogens is 4. The molecule has 1 amide bonds. The third-order valence-electron chi connectivity index (χ3n) is 6.18. The number of amides is 1. The zero-order valence-electron chi connectivity index (χ0n) is 19.0. The molecule has 1 fully saturated rings. The molecule has 1 aliphatic rings. The summed E-state index contributed by atoms with van der Waals surface area (Å²) in [7, 11) is 0. The first-order chi connectivity index (χ1) is 15.5. The van der Waals surface area contributed by atoms with Gasteiger partial charge >= 0.3 is 0 Å². The fourth-order valence-electron chi connectivity index (χ4n) is 4.31. The van der Waals surface area contributed by atoms with Crippen LogP contribution in [0, 0.1) is 6.92 Å². The molecular weight excluding hydrogens is 404 g/mol. The molecule has 1 aromatic carbocycles. The van der Waals surface area contributed by atoms with Crippen molar-refractivity contribution in [1.29, 1.82) is 0 Å². The van der Waals surface area contributed by atoms with Gasteiger partial charge in [-0.2, -0.15) is 4.98 Å². The normalized spacial score (nSPS) is 15.0. The van der Waals surface area contributed by atoms with Crippen LogP contribution in [0.1, 0.15) is 56.7 Å². The van der Waals surface area contributed by atoms with Crippen LogP contribution in [0.15, 0.2) is 35.5 Å². The molecule has 1 atom stereocenters. The number of carbonyl (C=O) groups is 1. The lowest BCUT2D eigenvalue weighted by molar-refractivity contribution is -0.119. The maximum atomic E-state index is 13.2. The Morgan fingerprint density at radius 3 is 2.66 bits per heavy atom. The molecule has 0 unspecified atom stereocenters. The van der Waals surface area contributed by atoms with Crippen LogP contribution in [0.5, 0.6) is 0 Å². The number of anilines is 2. The van der Waals surface area contributed by atoms with E-state index in [9.17, 15) is 9.59 Å². The summed E-state index contributed by atoms with van der Waals surface area (Å²) < 4.78 is 1.39. The van der Waals surface area contributed by atoms with Crippen LogP contribution in [-0.2, 0) is 11.2 Å². The van der Waals surface area contributed by atoms with Crippen LogP contribution in [-0.4, -0.2) is 38.5 Å². The van der Waals surface area contributed by atoms with E-state index in [1.165, 1.54) is 17.3 Å². The number of rotatable bonds is 6. The lowest BCUT2D eigenvalue weighted by Crippen LogP contribution is -2.34. The van der Waals surface area contributed by atoms with Gasteiger partial charge in [-0.25, -0.2) is 9.97 Å². The monoisotopic (exact) mass is 434 g/mol. The molecule has 0 spiro atoms. The number of benzene rings is 1. The molecule has 3 aromatic rings. The second kappa shape index (κ2) is 9.46. The summed E-state index contributed by atoms with van der Waals surface area (Å²) in [6, 6.07) is 5.28. The topological polar surface area (TPSA) is 93.0 Å². The van der Waals surface area contributed by atoms with Gasteiger partial charge in [0.2, 0.25) is 11.9 Å². The van der Waals surface area contributed by atoms with Gasteiger partial charge in [-0.15, -0.1) is 0 Å². The van der Waals surface area contributed by atoms with Gasteiger partial charge in [-0.3, -0.25) is 14.2 Å². The first-order valence-electron chi connectivity index (χ1n) is 11.4. The summed E-state index contributed by atoms with van der Waals surface area (Å²) in [6.45, 7) is 7.74. The summed E-state index contributed by atoms with van der Waals surface area (Å²) >= 11 is 0. The highest BCUT2D eigenvalue weighted by atomic mass is 16.2. The Bertz CT molecular complexity index is 1180. The summed E-state index contributed by atoms with van der Waals surface area (Å²) in [4.78, 5) is 41.9. The summed E-state index contributed by atoms with van der Waals surface area (Å²) in [6.07, 6.45) is 7.69. The maximum Gasteiger partial charge on any atom is 0.265 e. The third kappa shape index (κ3) is 4.22. The summed E-state index contributed by atoms with van der Waals surface area (Å²) in [5, 5.41) is 3.37. The van der Waals surface area contributed by atoms with Crippen molar-refractivity contribution in [3.05, 3.63) is 52.2 Å². The van der Waals surface area contributed by atoms with E-state index in [0.29, 0.717) is 23.4 Å². The van der Waals surface area contributed by atoms with Crippen molar-refractivity contribution in [3.63, 3.8) is 0 Å². The van der Waals surface area contributed by atoms with Gasteiger partial charge in [-0.05, 0) is 50.2 Å². The highest BCUT2D eigenvalue weighted by Gasteiger charge is 2.23. The number of fused-ring (bicyclic) bond motifs is 1. The van der Waals surface area contributed by atoms with Crippen molar-refractivity contribution in [2.24, 2.45) is 0 Å². The van der Waals surface area contributed by atoms with Crippen molar-refractivity contribution in [3.8, 4) is 0 Å². The number of piperidine rings is 1. The van der Waals surface area contributed by atoms with E-state index in [1.54, 1.807) is 6.20 Å². The van der Waals surface area contributed by atoms with Crippen LogP contribution in [0.4, 0.5) is 11.6 Å². The third-order valence-corrected chi connectivity index (χ3v) is 6.18. The molecule has 0 radical (unpaired) electrons. The van der Waals surface area contributed by atoms with Crippen molar-refractivity contribution >= 4 is 28.6 Å². The van der Waals surface area contributed by atoms with Gasteiger partial charge in [0.05, 0.1) is 0 Å². The number of nitrogens with zero attached hydrogens (tertiary/aromatic N) is 5. The van der Waals surface area contributed by atoms with Crippen LogP contribution in [0.2, 0.25) is 0 Å². The molecule has 0 aliphatic carbocycles. The minimum Gasteiger partial charge on any atom is -0.341 e. The minimum atomic E-state index is -0.675. The smallest absolute Gasteiger partial charge is 0.265 e. The first kappa shape index (κ1) is 21.9. The zero-order chi connectivity index (χ0) is 22.7. The second-order valence-corrected chi connectivity index (χ2v) is 8.29. The van der Waals surface area contributed by atoms with Crippen LogP contribution in [0.3, 0.4) is 0 Å². The highest BCUT2D eigenvalue weighted by Crippen LogP contribution is 2.23. The maximum absolute atomic E-state index is 13.2. The first-order valence-corrected chi connectivity index (χ1v) is 11.4. The molecule has 1 aliphatic heterocycles. The lowest BCUT2D eigenvalue weighted by atomic mass is 10.1. The molecular formula is C24H30N6O2. The van der Waals surface area contributed by atoms with Gasteiger partial charge in [0.1, 0.15) is 17.8 Å². The summed E-state index contributed by atoms with van der Waals surface area (Å²) in [5.41, 5.74) is 2.94. The Morgan fingerprint density at radius 2 is 1.94 bits per heavy atom. The van der Waals surface area contributed by atoms with Crippen molar-refractivity contribution < 1.29 is 4.79 Å². The predicted molar refractivity (Wildman–Crippen MR) is 126 cm³/mol. The number of para-hydroxylation sites is 1. The Kier molecular flexibility index (Phi) is 6.48. The molecule has 2 aromatic heterocycles. The lowest BCUT2D eigenvalue weighted by Gasteiger charge is -2.26. The molecule has 0 bridgehead atoms. The van der Waals surface area contributed by atoms with Gasteiger partial charge in [-0.1, -0.05) is 32.0 Å². The number of aryl methyl sites for hydroxylation is 2. The number of carbonyl (C=O) groups excluding carboxylic acids is 1. The van der Waals surface area contributed by atoms with Crippen molar-refractivity contribution in [1.82, 2.24) is 19.5 Å². The molecule has 3 heterocycles. The minimum absolute atomic E-state index is 0.231. The molecule has 32 heavy (non-hydrogen) atoms. The van der Waals surface area contributed by atoms with E-state index in [0.717, 1.165) is 49.2 Å². The zero-order valence-corrected chi connectivity index (χ0v) is 19.0. The highest BCUT2D eigenvalue weighted by molar-refractivity contribution is 5.95. The van der Waals surface area contributed by atoms with Crippen molar-refractivity contribution in [2.75, 3.05) is 23.3 Å². The fourth-order valence-corrected chi connectivity index (χ4v) is 4.31. The van der Waals surface area contributed by atoms with Crippen molar-refractivity contribution in [2.45, 2.75) is 58.9 Å². The van der Waals surface area contributed by atoms with Crippen LogP contribution < -0.4 is 15.8 Å². The van der Waals surface area contributed by atoms with E-state index < -0.39 is 6.04 Å². The van der Waals surface area contributed by atoms with E-state index in [4.69, 9.17) is 0 Å². The SMILES string of the molecule is CCc1cccc(C)c1NC(=O)[C@H](CC)n1cnc2nc(N3CCCCC3)ncc2c1=O. The van der Waals surface area contributed by atoms with E-state index in [-0.39, 0.29) is 11.5 Å². The number of nitrogens with one attached hydrogen (secondary N) is 1. The Balaban J connectivity index is 1.64. The van der Waals surface area contributed by atoms with Gasteiger partial charge in [0.15, 0.2) is 5.65 Å². The molecule has 1 N–H and O–H groups in total. The van der Waals surface area contributed by atoms with Crippen LogP contribution >= 0.6 is 0 Å². The quantitative estimate of drug-likeness (QED) is 0.637. The Morgan fingerprint density at radius 1 is 1.16 bits per heavy atom. The molecule has 1 saturated heterocycles. The Labute approximate surface area is 187 Å². The van der Waals surface area contributed by atoms with Gasteiger partial charge in [0, 0.05) is 25.0 Å². The van der Waals surface area contributed by atoms with Gasteiger partial charge in [0.25, 0.3) is 5.56 Å². The number of hydrogen-bond donors (Lipinski definition) is 1. The number of hydrogen-bond acceptors (Lipinski definition) is 6. The van der Waals surface area contributed by atoms with Crippen LogP contribution in [0.25, 0.3) is 11.0 Å². The average molecular weight is 435 g/mol. The van der Waals surface area contributed by atoms with E-state index >= 15 is 0 Å².